The van der Waals surface area contributed by atoms with E-state index in [1.54, 1.807) is 0 Å². The average molecular weight is 280 g/mol. The first-order valence-corrected chi connectivity index (χ1v) is 7.02. The van der Waals surface area contributed by atoms with Gasteiger partial charge in [0.15, 0.2) is 0 Å². The molecule has 3 rings (SSSR count). The topological polar surface area (TPSA) is 3.24 Å². The van der Waals surface area contributed by atoms with Crippen LogP contribution in [0.25, 0.3) is 0 Å². The van der Waals surface area contributed by atoms with Gasteiger partial charge >= 0.3 is 0 Å². The van der Waals surface area contributed by atoms with Crippen molar-refractivity contribution in [2.45, 2.75) is 32.2 Å². The minimum atomic E-state index is 0.732. The quantitative estimate of drug-likeness (QED) is 0.796. The molecule has 1 aliphatic carbocycles. The van der Waals surface area contributed by atoms with Crippen molar-refractivity contribution in [2.75, 3.05) is 13.1 Å². The van der Waals surface area contributed by atoms with Gasteiger partial charge in [0.25, 0.3) is 0 Å². The van der Waals surface area contributed by atoms with Gasteiger partial charge in [0.2, 0.25) is 0 Å². The van der Waals surface area contributed by atoms with Gasteiger partial charge in [-0.2, -0.15) is 0 Å². The third-order valence-electron chi connectivity index (χ3n) is 4.10. The van der Waals surface area contributed by atoms with Crippen molar-refractivity contribution in [3.63, 3.8) is 0 Å². The van der Waals surface area contributed by atoms with Gasteiger partial charge in [-0.05, 0) is 36.0 Å². The molecule has 0 amide bonds. The van der Waals surface area contributed by atoms with Gasteiger partial charge in [0.1, 0.15) is 0 Å². The molecule has 0 N–H and O–H groups in total. The molecule has 86 valence electrons. The Labute approximate surface area is 106 Å². The lowest BCUT2D eigenvalue weighted by atomic mass is 9.78. The van der Waals surface area contributed by atoms with Gasteiger partial charge in [0, 0.05) is 24.1 Å². The molecule has 16 heavy (non-hydrogen) atoms. The highest BCUT2D eigenvalue weighted by Gasteiger charge is 2.44. The van der Waals surface area contributed by atoms with Gasteiger partial charge in [-0.1, -0.05) is 40.9 Å². The number of rotatable bonds is 2. The molecule has 0 atom stereocenters. The molecule has 1 saturated heterocycles. The Hall–Kier alpha value is -0.340. The van der Waals surface area contributed by atoms with Gasteiger partial charge in [-0.3, -0.25) is 4.90 Å². The predicted octanol–water partition coefficient (Wildman–Crippen LogP) is 3.83. The van der Waals surface area contributed by atoms with Crippen LogP contribution in [-0.4, -0.2) is 18.0 Å². The van der Waals surface area contributed by atoms with E-state index < -0.39 is 0 Å². The largest absolute Gasteiger partial charge is 0.298 e. The van der Waals surface area contributed by atoms with E-state index >= 15 is 0 Å². The van der Waals surface area contributed by atoms with E-state index in [1.807, 2.05) is 0 Å². The maximum Gasteiger partial charge on any atom is 0.0234 e. The maximum atomic E-state index is 3.48. The highest BCUT2D eigenvalue weighted by Crippen LogP contribution is 2.45. The summed E-state index contributed by atoms with van der Waals surface area (Å²) in [7, 11) is 0. The summed E-state index contributed by atoms with van der Waals surface area (Å²) in [4.78, 5) is 2.59. The Morgan fingerprint density at radius 3 is 2.31 bits per heavy atom. The Morgan fingerprint density at radius 1 is 1.06 bits per heavy atom. The normalized spacial score (nSPS) is 23.6. The number of benzene rings is 1. The van der Waals surface area contributed by atoms with Crippen molar-refractivity contribution >= 4 is 15.9 Å². The van der Waals surface area contributed by atoms with E-state index in [1.165, 1.54) is 48.8 Å². The van der Waals surface area contributed by atoms with Gasteiger partial charge < -0.3 is 0 Å². The van der Waals surface area contributed by atoms with Crippen molar-refractivity contribution < 1.29 is 0 Å². The fourth-order valence-electron chi connectivity index (χ4n) is 3.30. The molecule has 2 heteroatoms. The van der Waals surface area contributed by atoms with Crippen LogP contribution in [0.3, 0.4) is 0 Å². The average Bonchev–Trinajstić information content (AvgIpc) is 2.70. The number of hydrogen-bond donors (Lipinski definition) is 0. The van der Waals surface area contributed by atoms with Crippen molar-refractivity contribution in [3.05, 3.63) is 34.3 Å². The minimum Gasteiger partial charge on any atom is -0.298 e. The second-order valence-corrected chi connectivity index (χ2v) is 6.39. The van der Waals surface area contributed by atoms with Crippen LogP contribution < -0.4 is 0 Å². The highest BCUT2D eigenvalue weighted by atomic mass is 79.9. The van der Waals surface area contributed by atoms with Crippen LogP contribution in [0.1, 0.15) is 31.2 Å². The lowest BCUT2D eigenvalue weighted by Gasteiger charge is -2.48. The van der Waals surface area contributed by atoms with Crippen LogP contribution in [0.4, 0.5) is 0 Å². The molecule has 1 nitrogen and oxygen atoms in total. The van der Waals surface area contributed by atoms with Crippen LogP contribution >= 0.6 is 15.9 Å². The molecule has 0 aromatic heterocycles. The summed E-state index contributed by atoms with van der Waals surface area (Å²) in [5, 5.41) is 0. The molecule has 1 aliphatic heterocycles. The van der Waals surface area contributed by atoms with Crippen molar-refractivity contribution in [3.8, 4) is 0 Å². The third kappa shape index (κ3) is 2.05. The fraction of sp³-hybridized carbons (Fsp3) is 0.571. The SMILES string of the molecule is Brc1ccc(CN2CC3(CCCC3)C2)cc1. The first kappa shape index (κ1) is 10.8. The number of nitrogens with zero attached hydrogens (tertiary/aromatic N) is 1. The Morgan fingerprint density at radius 2 is 1.69 bits per heavy atom. The number of hydrogen-bond acceptors (Lipinski definition) is 1. The first-order chi connectivity index (χ1) is 7.76. The summed E-state index contributed by atoms with van der Waals surface area (Å²) in [6, 6.07) is 8.73. The Balaban J connectivity index is 1.56. The zero-order chi connectivity index (χ0) is 11.0. The van der Waals surface area contributed by atoms with Gasteiger partial charge in [-0.25, -0.2) is 0 Å². The summed E-state index contributed by atoms with van der Waals surface area (Å²) in [6.45, 7) is 3.81. The lowest BCUT2D eigenvalue weighted by Crippen LogP contribution is -2.54. The van der Waals surface area contributed by atoms with E-state index in [0.717, 1.165) is 12.0 Å². The molecular weight excluding hydrogens is 262 g/mol. The summed E-state index contributed by atoms with van der Waals surface area (Å²) in [6.07, 6.45) is 5.88. The standard InChI is InChI=1S/C14H18BrN/c15-13-5-3-12(4-6-13)9-16-10-14(11-16)7-1-2-8-14/h3-6H,1-2,7-11H2. The highest BCUT2D eigenvalue weighted by molar-refractivity contribution is 9.10. The summed E-state index contributed by atoms with van der Waals surface area (Å²) < 4.78 is 1.17. The Kier molecular flexibility index (Phi) is 2.80. The predicted molar refractivity (Wildman–Crippen MR) is 70.3 cm³/mol. The van der Waals surface area contributed by atoms with E-state index in [-0.39, 0.29) is 0 Å². The minimum absolute atomic E-state index is 0.732. The van der Waals surface area contributed by atoms with E-state index in [4.69, 9.17) is 0 Å². The zero-order valence-corrected chi connectivity index (χ0v) is 11.2. The maximum absolute atomic E-state index is 3.48. The van der Waals surface area contributed by atoms with Crippen molar-refractivity contribution in [1.29, 1.82) is 0 Å². The molecular formula is C14H18BrN. The second-order valence-electron chi connectivity index (χ2n) is 5.48. The number of halogens is 1. The number of likely N-dealkylation sites (tertiary alicyclic amines) is 1. The third-order valence-corrected chi connectivity index (χ3v) is 4.63. The molecule has 1 aromatic carbocycles. The molecule has 0 radical (unpaired) electrons. The summed E-state index contributed by atoms with van der Waals surface area (Å²) >= 11 is 3.48. The van der Waals surface area contributed by atoms with Crippen LogP contribution in [0.15, 0.2) is 28.7 Å². The van der Waals surface area contributed by atoms with Crippen molar-refractivity contribution in [1.82, 2.24) is 4.90 Å². The summed E-state index contributed by atoms with van der Waals surface area (Å²) in [5.74, 6) is 0. The van der Waals surface area contributed by atoms with E-state index in [0.29, 0.717) is 0 Å². The van der Waals surface area contributed by atoms with E-state index in [9.17, 15) is 0 Å². The van der Waals surface area contributed by atoms with Crippen LogP contribution in [-0.2, 0) is 6.54 Å². The molecule has 1 aromatic rings. The molecule has 2 fully saturated rings. The zero-order valence-electron chi connectivity index (χ0n) is 9.58. The van der Waals surface area contributed by atoms with Gasteiger partial charge in [0.05, 0.1) is 0 Å². The van der Waals surface area contributed by atoms with Crippen molar-refractivity contribution in [2.24, 2.45) is 5.41 Å². The lowest BCUT2D eigenvalue weighted by molar-refractivity contribution is -0.000249. The molecule has 1 spiro atoms. The Bertz CT molecular complexity index is 357. The van der Waals surface area contributed by atoms with Crippen LogP contribution in [0, 0.1) is 5.41 Å². The monoisotopic (exact) mass is 279 g/mol. The molecule has 0 bridgehead atoms. The van der Waals surface area contributed by atoms with Crippen LogP contribution in [0.2, 0.25) is 0 Å². The first-order valence-electron chi connectivity index (χ1n) is 6.23. The van der Waals surface area contributed by atoms with Crippen LogP contribution in [0.5, 0.6) is 0 Å². The second kappa shape index (κ2) is 4.15. The summed E-state index contributed by atoms with van der Waals surface area (Å²) in [5.41, 5.74) is 2.17. The molecule has 0 unspecified atom stereocenters. The smallest absolute Gasteiger partial charge is 0.0234 e. The molecule has 2 aliphatic rings. The van der Waals surface area contributed by atoms with Gasteiger partial charge in [-0.15, -0.1) is 0 Å². The molecule has 1 heterocycles. The molecule has 1 saturated carbocycles. The fourth-order valence-corrected chi connectivity index (χ4v) is 3.57. The van der Waals surface area contributed by atoms with E-state index in [2.05, 4.69) is 45.1 Å².